The van der Waals surface area contributed by atoms with E-state index in [9.17, 15) is 0 Å². The molecule has 0 aliphatic carbocycles. The molecule has 0 spiro atoms. The first-order valence-corrected chi connectivity index (χ1v) is 7.51. The molecule has 0 radical (unpaired) electrons. The molecular formula is C16H17Cl3N2. The van der Waals surface area contributed by atoms with Crippen molar-refractivity contribution in [2.24, 2.45) is 0 Å². The number of nitrogens with one attached hydrogen (secondary N) is 2. The fourth-order valence-corrected chi connectivity index (χ4v) is 2.78. The Morgan fingerprint density at radius 3 is 2.52 bits per heavy atom. The van der Waals surface area contributed by atoms with E-state index in [-0.39, 0.29) is 12.4 Å². The van der Waals surface area contributed by atoms with Gasteiger partial charge in [0.25, 0.3) is 0 Å². The van der Waals surface area contributed by atoms with Crippen LogP contribution in [0.4, 0.5) is 5.69 Å². The maximum Gasteiger partial charge on any atom is 0.0598 e. The van der Waals surface area contributed by atoms with Crippen LogP contribution in [-0.4, -0.2) is 19.1 Å². The summed E-state index contributed by atoms with van der Waals surface area (Å²) in [5, 5.41) is 8.08. The topological polar surface area (TPSA) is 24.1 Å². The zero-order valence-electron chi connectivity index (χ0n) is 11.4. The van der Waals surface area contributed by atoms with Gasteiger partial charge < -0.3 is 10.6 Å². The monoisotopic (exact) mass is 342 g/mol. The van der Waals surface area contributed by atoms with E-state index in [2.05, 4.69) is 34.9 Å². The largest absolute Gasteiger partial charge is 0.381 e. The quantitative estimate of drug-likeness (QED) is 0.832. The van der Waals surface area contributed by atoms with Crippen molar-refractivity contribution in [3.05, 3.63) is 52.5 Å². The zero-order chi connectivity index (χ0) is 13.9. The normalized spacial score (nSPS) is 17.3. The third kappa shape index (κ3) is 4.04. The summed E-state index contributed by atoms with van der Waals surface area (Å²) in [7, 11) is 0. The maximum atomic E-state index is 6.09. The second-order valence-electron chi connectivity index (χ2n) is 5.04. The summed E-state index contributed by atoms with van der Waals surface area (Å²) >= 11 is 12.0. The third-order valence-corrected chi connectivity index (χ3v) is 4.29. The lowest BCUT2D eigenvalue weighted by atomic mass is 10.0. The van der Waals surface area contributed by atoms with Gasteiger partial charge in [-0.05, 0) is 48.4 Å². The Balaban J connectivity index is 0.00000161. The lowest BCUT2D eigenvalue weighted by molar-refractivity contribution is 0.793. The van der Waals surface area contributed by atoms with E-state index in [1.807, 2.05) is 18.2 Å². The molecule has 2 N–H and O–H groups in total. The molecule has 0 bridgehead atoms. The number of benzene rings is 2. The summed E-state index contributed by atoms with van der Waals surface area (Å²) in [5.74, 6) is 0. The molecule has 3 rings (SSSR count). The average molecular weight is 344 g/mol. The summed E-state index contributed by atoms with van der Waals surface area (Å²) < 4.78 is 0. The van der Waals surface area contributed by atoms with Crippen LogP contribution in [0, 0.1) is 0 Å². The van der Waals surface area contributed by atoms with Gasteiger partial charge in [-0.25, -0.2) is 0 Å². The average Bonchev–Trinajstić information content (AvgIpc) is 2.95. The lowest BCUT2D eigenvalue weighted by Gasteiger charge is -2.14. The molecule has 1 aliphatic heterocycles. The molecule has 1 heterocycles. The standard InChI is InChI=1S/C16H16Cl2N2.ClH/c17-15-5-4-12(9-16(15)18)11-2-1-3-13(8-11)20-14-6-7-19-10-14;/h1-5,8-9,14,19-20H,6-7,10H2;1H/t14-;/m0./s1. The van der Waals surface area contributed by atoms with Crippen LogP contribution in [0.25, 0.3) is 11.1 Å². The second-order valence-corrected chi connectivity index (χ2v) is 5.86. The van der Waals surface area contributed by atoms with Crippen LogP contribution in [0.15, 0.2) is 42.5 Å². The van der Waals surface area contributed by atoms with Gasteiger partial charge in [0.1, 0.15) is 0 Å². The van der Waals surface area contributed by atoms with Crippen LogP contribution in [0.5, 0.6) is 0 Å². The van der Waals surface area contributed by atoms with Gasteiger partial charge >= 0.3 is 0 Å². The molecule has 2 aromatic rings. The van der Waals surface area contributed by atoms with E-state index in [0.29, 0.717) is 16.1 Å². The molecule has 2 nitrogen and oxygen atoms in total. The minimum Gasteiger partial charge on any atom is -0.381 e. The van der Waals surface area contributed by atoms with E-state index < -0.39 is 0 Å². The summed E-state index contributed by atoms with van der Waals surface area (Å²) in [4.78, 5) is 0. The lowest BCUT2D eigenvalue weighted by Crippen LogP contribution is -2.21. The number of anilines is 1. The van der Waals surface area contributed by atoms with E-state index in [4.69, 9.17) is 23.2 Å². The van der Waals surface area contributed by atoms with Crippen molar-refractivity contribution < 1.29 is 0 Å². The predicted octanol–water partition coefficient (Wildman–Crippen LogP) is 4.86. The van der Waals surface area contributed by atoms with Crippen molar-refractivity contribution in [3.8, 4) is 11.1 Å². The molecule has 2 aromatic carbocycles. The van der Waals surface area contributed by atoms with Crippen LogP contribution in [0.1, 0.15) is 6.42 Å². The van der Waals surface area contributed by atoms with Gasteiger partial charge in [0.15, 0.2) is 0 Å². The smallest absolute Gasteiger partial charge is 0.0598 e. The molecular weight excluding hydrogens is 327 g/mol. The number of hydrogen-bond acceptors (Lipinski definition) is 2. The van der Waals surface area contributed by atoms with Gasteiger partial charge in [-0.2, -0.15) is 0 Å². The van der Waals surface area contributed by atoms with E-state index >= 15 is 0 Å². The Bertz CT molecular complexity index is 610. The highest BCUT2D eigenvalue weighted by Gasteiger charge is 2.13. The van der Waals surface area contributed by atoms with E-state index in [0.717, 1.165) is 36.3 Å². The Kier molecular flexibility index (Phi) is 5.77. The van der Waals surface area contributed by atoms with Crippen LogP contribution < -0.4 is 10.6 Å². The first-order valence-electron chi connectivity index (χ1n) is 6.75. The van der Waals surface area contributed by atoms with Gasteiger partial charge in [-0.1, -0.05) is 41.4 Å². The van der Waals surface area contributed by atoms with Gasteiger partial charge in [0.2, 0.25) is 0 Å². The van der Waals surface area contributed by atoms with Crippen molar-refractivity contribution in [2.75, 3.05) is 18.4 Å². The SMILES string of the molecule is Cl.Clc1ccc(-c2cccc(N[C@H]3CCNC3)c2)cc1Cl. The van der Waals surface area contributed by atoms with Gasteiger partial charge in [0.05, 0.1) is 10.0 Å². The first-order chi connectivity index (χ1) is 9.72. The molecule has 1 atom stereocenters. The van der Waals surface area contributed by atoms with Crippen molar-refractivity contribution in [2.45, 2.75) is 12.5 Å². The van der Waals surface area contributed by atoms with Gasteiger partial charge in [-0.3, -0.25) is 0 Å². The molecule has 0 aromatic heterocycles. The van der Waals surface area contributed by atoms with E-state index in [1.165, 1.54) is 0 Å². The van der Waals surface area contributed by atoms with Crippen LogP contribution >= 0.6 is 35.6 Å². The van der Waals surface area contributed by atoms with Gasteiger partial charge in [0, 0.05) is 18.3 Å². The molecule has 0 saturated carbocycles. The Labute approximate surface area is 141 Å². The third-order valence-electron chi connectivity index (χ3n) is 3.55. The summed E-state index contributed by atoms with van der Waals surface area (Å²) in [6.45, 7) is 2.11. The fourth-order valence-electron chi connectivity index (χ4n) is 2.48. The summed E-state index contributed by atoms with van der Waals surface area (Å²) in [6, 6.07) is 14.6. The number of rotatable bonds is 3. The van der Waals surface area contributed by atoms with Crippen LogP contribution in [0.2, 0.25) is 10.0 Å². The highest BCUT2D eigenvalue weighted by molar-refractivity contribution is 6.42. The molecule has 112 valence electrons. The van der Waals surface area contributed by atoms with Crippen molar-refractivity contribution in [3.63, 3.8) is 0 Å². The van der Waals surface area contributed by atoms with Crippen LogP contribution in [-0.2, 0) is 0 Å². The minimum atomic E-state index is 0. The number of hydrogen-bond donors (Lipinski definition) is 2. The van der Waals surface area contributed by atoms with Gasteiger partial charge in [-0.15, -0.1) is 12.4 Å². The second kappa shape index (κ2) is 7.37. The molecule has 1 fully saturated rings. The summed E-state index contributed by atoms with van der Waals surface area (Å²) in [6.07, 6.45) is 1.16. The van der Waals surface area contributed by atoms with E-state index in [1.54, 1.807) is 0 Å². The molecule has 1 aliphatic rings. The van der Waals surface area contributed by atoms with Crippen molar-refractivity contribution in [1.82, 2.24) is 5.32 Å². The molecule has 5 heteroatoms. The Morgan fingerprint density at radius 2 is 1.81 bits per heavy atom. The number of halogens is 3. The highest BCUT2D eigenvalue weighted by Crippen LogP contribution is 2.29. The molecule has 0 unspecified atom stereocenters. The van der Waals surface area contributed by atoms with Crippen molar-refractivity contribution >= 4 is 41.3 Å². The maximum absolute atomic E-state index is 6.09. The first kappa shape index (κ1) is 16.4. The highest BCUT2D eigenvalue weighted by atomic mass is 35.5. The molecule has 0 amide bonds. The minimum absolute atomic E-state index is 0. The van der Waals surface area contributed by atoms with Crippen molar-refractivity contribution in [1.29, 1.82) is 0 Å². The zero-order valence-corrected chi connectivity index (χ0v) is 13.7. The molecule has 21 heavy (non-hydrogen) atoms. The Hall–Kier alpha value is -0.930. The molecule has 1 saturated heterocycles. The van der Waals surface area contributed by atoms with Crippen LogP contribution in [0.3, 0.4) is 0 Å². The fraction of sp³-hybridized carbons (Fsp3) is 0.250. The summed E-state index contributed by atoms with van der Waals surface area (Å²) in [5.41, 5.74) is 3.36. The Morgan fingerprint density at radius 1 is 1.00 bits per heavy atom. The predicted molar refractivity (Wildman–Crippen MR) is 94.0 cm³/mol.